The van der Waals surface area contributed by atoms with Gasteiger partial charge in [-0.15, -0.1) is 10.2 Å². The summed E-state index contributed by atoms with van der Waals surface area (Å²) in [5.41, 5.74) is 14.2. The fraction of sp³-hybridized carbons (Fsp3) is 0.0526. The summed E-state index contributed by atoms with van der Waals surface area (Å²) >= 11 is 0. The van der Waals surface area contributed by atoms with E-state index in [-0.39, 0.29) is 24.1 Å². The molecule has 140 valence electrons. The zero-order valence-corrected chi connectivity index (χ0v) is 14.7. The predicted molar refractivity (Wildman–Crippen MR) is 105 cm³/mol. The van der Waals surface area contributed by atoms with Crippen LogP contribution in [-0.4, -0.2) is 30.8 Å². The highest BCUT2D eigenvalue weighted by atomic mass is 16.3. The molecule has 2 aromatic carbocycles. The Labute approximate surface area is 159 Å². The fourth-order valence-corrected chi connectivity index (χ4v) is 3.03. The average molecular weight is 375 g/mol. The molecule has 0 aliphatic carbocycles. The van der Waals surface area contributed by atoms with Gasteiger partial charge in [0.05, 0.1) is 12.1 Å². The number of nitrogens with one attached hydrogen (secondary N) is 1. The van der Waals surface area contributed by atoms with Crippen molar-refractivity contribution in [3.8, 4) is 5.69 Å². The van der Waals surface area contributed by atoms with Crippen molar-refractivity contribution in [2.24, 2.45) is 5.73 Å². The van der Waals surface area contributed by atoms with E-state index in [1.807, 2.05) is 59.3 Å². The summed E-state index contributed by atoms with van der Waals surface area (Å²) in [4.78, 5) is 15.7. The molecule has 1 amide bonds. The molecule has 4 aromatic rings. The Bertz CT molecular complexity index is 1190. The lowest BCUT2D eigenvalue weighted by Gasteiger charge is -2.11. The maximum atomic E-state index is 11.6. The number of carbonyl (C=O) groups is 1. The molecule has 9 heteroatoms. The lowest BCUT2D eigenvalue weighted by molar-refractivity contribution is 0.0995. The number of hydrogen-bond acceptors (Lipinski definition) is 7. The third-order valence-electron chi connectivity index (χ3n) is 4.29. The second-order valence-corrected chi connectivity index (χ2v) is 6.11. The molecule has 0 aliphatic rings. The summed E-state index contributed by atoms with van der Waals surface area (Å²) in [5.74, 6) is -0.686. The van der Waals surface area contributed by atoms with Gasteiger partial charge in [0.1, 0.15) is 0 Å². The predicted octanol–water partition coefficient (Wildman–Crippen LogP) is 1.73. The van der Waals surface area contributed by atoms with Crippen molar-refractivity contribution in [1.82, 2.24) is 19.7 Å². The van der Waals surface area contributed by atoms with Gasteiger partial charge in [-0.05, 0) is 35.9 Å². The summed E-state index contributed by atoms with van der Waals surface area (Å²) < 4.78 is 2.00. The van der Waals surface area contributed by atoms with Crippen LogP contribution in [0.1, 0.15) is 16.1 Å². The minimum Gasteiger partial charge on any atom is -0.392 e. The Morgan fingerprint density at radius 3 is 2.75 bits per heavy atom. The molecule has 0 aliphatic heterocycles. The number of anilines is 3. The van der Waals surface area contributed by atoms with Crippen molar-refractivity contribution in [3.63, 3.8) is 0 Å². The van der Waals surface area contributed by atoms with Crippen LogP contribution in [0.15, 0.2) is 54.7 Å². The smallest absolute Gasteiger partial charge is 0.273 e. The number of carbonyl (C=O) groups excluding carboxylic acids is 1. The number of aliphatic hydroxyl groups is 1. The first-order valence-electron chi connectivity index (χ1n) is 8.44. The number of amides is 1. The lowest BCUT2D eigenvalue weighted by atomic mass is 10.2. The van der Waals surface area contributed by atoms with Crippen LogP contribution in [0.2, 0.25) is 0 Å². The molecule has 0 saturated heterocycles. The second kappa shape index (κ2) is 6.97. The number of rotatable bonds is 5. The van der Waals surface area contributed by atoms with E-state index >= 15 is 0 Å². The Hall–Kier alpha value is -3.98. The molecule has 9 nitrogen and oxygen atoms in total. The summed E-state index contributed by atoms with van der Waals surface area (Å²) in [6.07, 6.45) is 1.92. The van der Waals surface area contributed by atoms with Gasteiger partial charge in [-0.3, -0.25) is 4.79 Å². The number of nitrogen functional groups attached to an aromatic ring is 1. The molecule has 6 N–H and O–H groups in total. The van der Waals surface area contributed by atoms with Crippen LogP contribution >= 0.6 is 0 Å². The number of primary amides is 1. The number of aromatic nitrogens is 4. The molecule has 0 radical (unpaired) electrons. The first-order chi connectivity index (χ1) is 13.6. The number of hydrogen-bond donors (Lipinski definition) is 4. The largest absolute Gasteiger partial charge is 0.392 e. The van der Waals surface area contributed by atoms with Crippen LogP contribution in [0.4, 0.5) is 17.5 Å². The van der Waals surface area contributed by atoms with Gasteiger partial charge in [-0.1, -0.05) is 18.2 Å². The van der Waals surface area contributed by atoms with E-state index in [0.717, 1.165) is 22.2 Å². The van der Waals surface area contributed by atoms with Crippen LogP contribution in [-0.2, 0) is 6.61 Å². The maximum Gasteiger partial charge on any atom is 0.273 e. The van der Waals surface area contributed by atoms with Gasteiger partial charge in [0.25, 0.3) is 5.91 Å². The minimum atomic E-state index is -0.756. The highest BCUT2D eigenvalue weighted by Gasteiger charge is 2.15. The van der Waals surface area contributed by atoms with E-state index in [4.69, 9.17) is 11.5 Å². The van der Waals surface area contributed by atoms with E-state index in [1.54, 1.807) is 0 Å². The van der Waals surface area contributed by atoms with Crippen LogP contribution in [0.3, 0.4) is 0 Å². The van der Waals surface area contributed by atoms with Gasteiger partial charge >= 0.3 is 0 Å². The summed E-state index contributed by atoms with van der Waals surface area (Å²) in [7, 11) is 0. The SMILES string of the molecule is NC(=O)c1nnc(N)nc1Nc1cccc2c1ccn2-c1cccc(CO)c1. The molecule has 0 unspecified atom stereocenters. The molecule has 0 bridgehead atoms. The van der Waals surface area contributed by atoms with E-state index in [2.05, 4.69) is 20.5 Å². The Morgan fingerprint density at radius 2 is 1.96 bits per heavy atom. The Balaban J connectivity index is 1.80. The van der Waals surface area contributed by atoms with E-state index in [9.17, 15) is 9.90 Å². The summed E-state index contributed by atoms with van der Waals surface area (Å²) in [5, 5.41) is 20.7. The highest BCUT2D eigenvalue weighted by Crippen LogP contribution is 2.29. The molecule has 0 atom stereocenters. The number of nitrogens with zero attached hydrogens (tertiary/aromatic N) is 4. The number of nitrogens with two attached hydrogens (primary N) is 2. The lowest BCUT2D eigenvalue weighted by Crippen LogP contribution is -2.18. The fourth-order valence-electron chi connectivity index (χ4n) is 3.03. The van der Waals surface area contributed by atoms with E-state index < -0.39 is 5.91 Å². The van der Waals surface area contributed by atoms with Crippen molar-refractivity contribution in [3.05, 3.63) is 66.0 Å². The van der Waals surface area contributed by atoms with Gasteiger partial charge in [-0.25, -0.2) is 0 Å². The molecule has 4 rings (SSSR count). The Kier molecular flexibility index (Phi) is 4.34. The van der Waals surface area contributed by atoms with Crippen molar-refractivity contribution in [2.75, 3.05) is 11.1 Å². The number of fused-ring (bicyclic) bond motifs is 1. The van der Waals surface area contributed by atoms with Crippen LogP contribution < -0.4 is 16.8 Å². The third kappa shape index (κ3) is 3.10. The second-order valence-electron chi connectivity index (χ2n) is 6.11. The Morgan fingerprint density at radius 1 is 1.14 bits per heavy atom. The van der Waals surface area contributed by atoms with Crippen molar-refractivity contribution in [2.45, 2.75) is 6.61 Å². The number of benzene rings is 2. The van der Waals surface area contributed by atoms with Crippen LogP contribution in [0, 0.1) is 0 Å². The monoisotopic (exact) mass is 375 g/mol. The molecule has 0 fully saturated rings. The average Bonchev–Trinajstić information content (AvgIpc) is 3.13. The number of aliphatic hydroxyl groups excluding tert-OH is 1. The third-order valence-corrected chi connectivity index (χ3v) is 4.29. The zero-order valence-electron chi connectivity index (χ0n) is 14.7. The van der Waals surface area contributed by atoms with Gasteiger partial charge in [0.15, 0.2) is 11.5 Å². The molecular weight excluding hydrogens is 358 g/mol. The standard InChI is InChI=1S/C19H17N7O2/c20-17(28)16-18(23-19(21)25-24-16)22-14-5-2-6-15-13(14)7-8-26(15)12-4-1-3-11(9-12)10-27/h1-9,27H,10H2,(H2,20,28)(H3,21,22,23,25). The van der Waals surface area contributed by atoms with Crippen molar-refractivity contribution in [1.29, 1.82) is 0 Å². The highest BCUT2D eigenvalue weighted by molar-refractivity contribution is 5.99. The van der Waals surface area contributed by atoms with Gasteiger partial charge < -0.3 is 26.5 Å². The molecule has 0 saturated carbocycles. The quantitative estimate of drug-likeness (QED) is 0.415. The van der Waals surface area contributed by atoms with Gasteiger partial charge in [-0.2, -0.15) is 4.98 Å². The van der Waals surface area contributed by atoms with Crippen LogP contribution in [0.5, 0.6) is 0 Å². The summed E-state index contributed by atoms with van der Waals surface area (Å²) in [6.45, 7) is -0.0299. The first-order valence-corrected chi connectivity index (χ1v) is 8.44. The normalized spacial score (nSPS) is 10.9. The molecule has 2 aromatic heterocycles. The zero-order chi connectivity index (χ0) is 19.7. The molecule has 0 spiro atoms. The molecule has 2 heterocycles. The molecular formula is C19H17N7O2. The first kappa shape index (κ1) is 17.4. The van der Waals surface area contributed by atoms with Gasteiger partial charge in [0, 0.05) is 23.0 Å². The van der Waals surface area contributed by atoms with E-state index in [0.29, 0.717) is 5.69 Å². The van der Waals surface area contributed by atoms with Crippen molar-refractivity contribution >= 4 is 34.3 Å². The van der Waals surface area contributed by atoms with E-state index in [1.165, 1.54) is 0 Å². The van der Waals surface area contributed by atoms with Gasteiger partial charge in [0.2, 0.25) is 5.95 Å². The minimum absolute atomic E-state index is 0.0299. The summed E-state index contributed by atoms with van der Waals surface area (Å²) in [6, 6.07) is 15.2. The topological polar surface area (TPSA) is 145 Å². The van der Waals surface area contributed by atoms with Crippen molar-refractivity contribution < 1.29 is 9.90 Å². The molecule has 28 heavy (non-hydrogen) atoms. The maximum absolute atomic E-state index is 11.6. The van der Waals surface area contributed by atoms with Crippen LogP contribution in [0.25, 0.3) is 16.6 Å².